The van der Waals surface area contributed by atoms with E-state index >= 15 is 0 Å². The third-order valence-corrected chi connectivity index (χ3v) is 7.49. The molecule has 0 aliphatic heterocycles. The Hall–Kier alpha value is -2.66. The van der Waals surface area contributed by atoms with Crippen molar-refractivity contribution >= 4 is 32.4 Å². The molecule has 1 aromatic heterocycles. The molecule has 0 N–H and O–H groups in total. The number of hydrogen-bond acceptors (Lipinski definition) is 5. The van der Waals surface area contributed by atoms with Crippen LogP contribution in [-0.4, -0.2) is 25.3 Å². The summed E-state index contributed by atoms with van der Waals surface area (Å²) in [6.07, 6.45) is 3.81. The van der Waals surface area contributed by atoms with Crippen LogP contribution < -0.4 is 15.0 Å². The molecular formula is C24H23FINO5S. The van der Waals surface area contributed by atoms with Gasteiger partial charge in [0.25, 0.3) is 5.56 Å². The zero-order valence-electron chi connectivity index (χ0n) is 18.2. The second kappa shape index (κ2) is 10.5. The topological polar surface area (TPSA) is 74.6 Å². The van der Waals surface area contributed by atoms with Crippen LogP contribution in [0.4, 0.5) is 4.39 Å². The molecule has 3 rings (SSSR count). The molecule has 2 aromatic carbocycles. The van der Waals surface area contributed by atoms with Gasteiger partial charge in [-0.25, -0.2) is 12.8 Å². The van der Waals surface area contributed by atoms with E-state index in [1.54, 1.807) is 32.3 Å². The molecule has 0 amide bonds. The maximum Gasteiger partial charge on any atom is 0.254 e. The van der Waals surface area contributed by atoms with E-state index in [4.69, 9.17) is 9.47 Å². The fraction of sp³-hybridized carbons (Fsp3) is 0.208. The first-order valence-electron chi connectivity index (χ1n) is 10.1. The molecule has 9 heteroatoms. The van der Waals surface area contributed by atoms with Crippen molar-refractivity contribution in [1.82, 2.24) is 4.57 Å². The highest BCUT2D eigenvalue weighted by molar-refractivity contribution is 14.1. The van der Waals surface area contributed by atoms with Crippen molar-refractivity contribution in [1.29, 1.82) is 0 Å². The van der Waals surface area contributed by atoms with Gasteiger partial charge in [-0.15, -0.1) is 6.58 Å². The van der Waals surface area contributed by atoms with E-state index in [0.717, 1.165) is 0 Å². The molecule has 0 bridgehead atoms. The lowest BCUT2D eigenvalue weighted by atomic mass is 10.1. The molecular weight excluding hydrogens is 560 g/mol. The smallest absolute Gasteiger partial charge is 0.254 e. The van der Waals surface area contributed by atoms with Crippen LogP contribution in [0.25, 0.3) is 11.1 Å². The Labute approximate surface area is 205 Å². The van der Waals surface area contributed by atoms with Gasteiger partial charge in [-0.1, -0.05) is 13.0 Å². The fourth-order valence-electron chi connectivity index (χ4n) is 3.03. The second-order valence-corrected chi connectivity index (χ2v) is 10.6. The van der Waals surface area contributed by atoms with Crippen molar-refractivity contribution in [3.63, 3.8) is 0 Å². The van der Waals surface area contributed by atoms with Gasteiger partial charge in [0.2, 0.25) is 0 Å². The van der Waals surface area contributed by atoms with Gasteiger partial charge >= 0.3 is 0 Å². The number of hydrogen-bond donors (Lipinski definition) is 0. The number of ether oxygens (including phenoxy) is 2. The van der Waals surface area contributed by atoms with Gasteiger partial charge in [-0.2, -0.15) is 0 Å². The van der Waals surface area contributed by atoms with Crippen LogP contribution >= 0.6 is 22.6 Å². The monoisotopic (exact) mass is 583 g/mol. The van der Waals surface area contributed by atoms with E-state index in [0.29, 0.717) is 26.9 Å². The second-order valence-electron chi connectivity index (χ2n) is 7.16. The summed E-state index contributed by atoms with van der Waals surface area (Å²) in [6.45, 7) is 5.51. The molecule has 0 aliphatic rings. The molecule has 174 valence electrons. The van der Waals surface area contributed by atoms with Gasteiger partial charge in [-0.3, -0.25) is 4.79 Å². The van der Waals surface area contributed by atoms with Crippen molar-refractivity contribution in [3.8, 4) is 28.4 Å². The van der Waals surface area contributed by atoms with Crippen LogP contribution in [0.1, 0.15) is 13.3 Å². The number of pyridine rings is 1. The molecule has 3 aromatic rings. The molecule has 33 heavy (non-hydrogen) atoms. The van der Waals surface area contributed by atoms with E-state index < -0.39 is 15.7 Å². The molecule has 0 spiro atoms. The predicted molar refractivity (Wildman–Crippen MR) is 134 cm³/mol. The number of rotatable bonds is 9. The highest BCUT2D eigenvalue weighted by Crippen LogP contribution is 2.40. The Morgan fingerprint density at radius 2 is 1.85 bits per heavy atom. The standard InChI is InChI=1S/C24H23FINO5S/c1-4-6-11-31-22-14-24(28)27(3)15-19(22)18-13-17(33(29,30)5-2)8-10-21(18)32-23-12-16(25)7-9-20(23)26/h4,7-10,12-15H,1,5-6,11H2,2-3H3. The minimum absolute atomic E-state index is 0.0790. The average Bonchev–Trinajstić information content (AvgIpc) is 2.79. The van der Waals surface area contributed by atoms with Crippen LogP contribution in [0, 0.1) is 9.39 Å². The number of nitrogens with zero attached hydrogens (tertiary/aromatic N) is 1. The highest BCUT2D eigenvalue weighted by atomic mass is 127. The van der Waals surface area contributed by atoms with Crippen molar-refractivity contribution in [2.24, 2.45) is 7.05 Å². The normalized spacial score (nSPS) is 11.3. The first-order valence-corrected chi connectivity index (χ1v) is 12.8. The summed E-state index contributed by atoms with van der Waals surface area (Å²) in [6, 6.07) is 9.96. The summed E-state index contributed by atoms with van der Waals surface area (Å²) in [5.74, 6) is 0.310. The summed E-state index contributed by atoms with van der Waals surface area (Å²) in [5.41, 5.74) is 0.580. The summed E-state index contributed by atoms with van der Waals surface area (Å²) in [4.78, 5) is 12.4. The third-order valence-electron chi connectivity index (χ3n) is 4.86. The van der Waals surface area contributed by atoms with Crippen LogP contribution in [-0.2, 0) is 16.9 Å². The Bertz CT molecular complexity index is 1350. The summed E-state index contributed by atoms with van der Waals surface area (Å²) >= 11 is 2.03. The molecule has 1 heterocycles. The summed E-state index contributed by atoms with van der Waals surface area (Å²) in [5, 5.41) is 0. The number of sulfone groups is 1. The van der Waals surface area contributed by atoms with Crippen LogP contribution in [0.15, 0.2) is 71.0 Å². The lowest BCUT2D eigenvalue weighted by Crippen LogP contribution is -2.16. The molecule has 0 radical (unpaired) electrons. The number of halogens is 2. The summed E-state index contributed by atoms with van der Waals surface area (Å²) < 4.78 is 52.9. The van der Waals surface area contributed by atoms with E-state index in [-0.39, 0.29) is 34.3 Å². The fourth-order valence-corrected chi connectivity index (χ4v) is 4.38. The van der Waals surface area contributed by atoms with Crippen molar-refractivity contribution in [2.45, 2.75) is 18.2 Å². The van der Waals surface area contributed by atoms with Gasteiger partial charge in [0.05, 0.1) is 20.8 Å². The third kappa shape index (κ3) is 5.83. The maximum absolute atomic E-state index is 13.8. The quantitative estimate of drug-likeness (QED) is 0.193. The minimum atomic E-state index is -3.52. The molecule has 0 aliphatic carbocycles. The molecule has 0 fully saturated rings. The maximum atomic E-state index is 13.8. The minimum Gasteiger partial charge on any atom is -0.492 e. The average molecular weight is 583 g/mol. The first-order chi connectivity index (χ1) is 15.7. The zero-order valence-corrected chi connectivity index (χ0v) is 21.2. The van der Waals surface area contributed by atoms with Crippen LogP contribution in [0.2, 0.25) is 0 Å². The van der Waals surface area contributed by atoms with Gasteiger partial charge < -0.3 is 14.0 Å². The van der Waals surface area contributed by atoms with E-state index in [1.165, 1.54) is 41.0 Å². The Morgan fingerprint density at radius 1 is 1.09 bits per heavy atom. The lowest BCUT2D eigenvalue weighted by Gasteiger charge is -2.17. The molecule has 0 unspecified atom stereocenters. The largest absolute Gasteiger partial charge is 0.492 e. The number of aromatic nitrogens is 1. The molecule has 0 saturated heterocycles. The highest BCUT2D eigenvalue weighted by Gasteiger charge is 2.20. The van der Waals surface area contributed by atoms with Crippen molar-refractivity contribution < 1.29 is 22.3 Å². The van der Waals surface area contributed by atoms with Gasteiger partial charge in [0, 0.05) is 36.5 Å². The predicted octanol–water partition coefficient (Wildman–Crippen LogP) is 5.34. The molecule has 0 saturated carbocycles. The van der Waals surface area contributed by atoms with E-state index in [1.807, 2.05) is 22.6 Å². The van der Waals surface area contributed by atoms with Crippen molar-refractivity contribution in [2.75, 3.05) is 12.4 Å². The molecule has 6 nitrogen and oxygen atoms in total. The molecule has 0 atom stereocenters. The van der Waals surface area contributed by atoms with Gasteiger partial charge in [-0.05, 0) is 59.3 Å². The van der Waals surface area contributed by atoms with E-state index in [2.05, 4.69) is 6.58 Å². The number of aryl methyl sites for hydroxylation is 1. The SMILES string of the molecule is C=CCCOc1cc(=O)n(C)cc1-c1cc(S(=O)(=O)CC)ccc1Oc1cc(F)ccc1I. The lowest BCUT2D eigenvalue weighted by molar-refractivity contribution is 0.325. The van der Waals surface area contributed by atoms with Crippen molar-refractivity contribution in [3.05, 3.63) is 81.1 Å². The Kier molecular flexibility index (Phi) is 7.96. The van der Waals surface area contributed by atoms with E-state index in [9.17, 15) is 17.6 Å². The first kappa shape index (κ1) is 25.0. The van der Waals surface area contributed by atoms with Gasteiger partial charge in [0.1, 0.15) is 23.1 Å². The Balaban J connectivity index is 2.24. The van der Waals surface area contributed by atoms with Crippen LogP contribution in [0.5, 0.6) is 17.2 Å². The van der Waals surface area contributed by atoms with Gasteiger partial charge in [0.15, 0.2) is 9.84 Å². The van der Waals surface area contributed by atoms with Crippen LogP contribution in [0.3, 0.4) is 0 Å². The Morgan fingerprint density at radius 3 is 2.55 bits per heavy atom. The zero-order chi connectivity index (χ0) is 24.2. The summed E-state index contributed by atoms with van der Waals surface area (Å²) in [7, 11) is -1.94. The number of benzene rings is 2.